The van der Waals surface area contributed by atoms with Crippen molar-refractivity contribution in [3.63, 3.8) is 0 Å². The van der Waals surface area contributed by atoms with E-state index in [-0.39, 0.29) is 17.2 Å². The van der Waals surface area contributed by atoms with E-state index in [1.54, 1.807) is 0 Å². The highest BCUT2D eigenvalue weighted by Crippen LogP contribution is 2.48. The third-order valence-corrected chi connectivity index (χ3v) is 5.61. The van der Waals surface area contributed by atoms with Gasteiger partial charge in [0.25, 0.3) is 0 Å². The number of esters is 1. The third-order valence-electron chi connectivity index (χ3n) is 4.29. The minimum Gasteiger partial charge on any atom is -0.464 e. The van der Waals surface area contributed by atoms with E-state index in [9.17, 15) is 39.6 Å². The number of fused-ring (bicyclic) bond motifs is 4. The van der Waals surface area contributed by atoms with E-state index >= 15 is 0 Å². The minimum atomic E-state index is -6.16. The first-order valence-electron chi connectivity index (χ1n) is 8.25. The summed E-state index contributed by atoms with van der Waals surface area (Å²) < 4.78 is 106. The monoisotopic (exact) mass is 490 g/mol. The molecule has 17 heteroatoms. The Hall–Kier alpha value is -2.63. The third kappa shape index (κ3) is 4.12. The highest BCUT2D eigenvalue weighted by molar-refractivity contribution is 7.88. The van der Waals surface area contributed by atoms with E-state index in [0.29, 0.717) is 0 Å². The van der Waals surface area contributed by atoms with Crippen molar-refractivity contribution >= 4 is 32.5 Å². The van der Waals surface area contributed by atoms with Crippen molar-refractivity contribution < 1.29 is 57.4 Å². The second kappa shape index (κ2) is 7.50. The molecule has 3 rings (SSSR count). The van der Waals surface area contributed by atoms with Gasteiger partial charge in [-0.15, -0.1) is 4.28 Å². The number of rotatable bonds is 6. The van der Waals surface area contributed by atoms with Crippen LogP contribution in [0.3, 0.4) is 0 Å². The summed E-state index contributed by atoms with van der Waals surface area (Å²) in [5.74, 6) is -1.95. The van der Waals surface area contributed by atoms with Crippen LogP contribution in [0.15, 0.2) is 18.2 Å². The van der Waals surface area contributed by atoms with Crippen LogP contribution in [0.25, 0.3) is 0 Å². The Bertz CT molecular complexity index is 1140. The Labute approximate surface area is 173 Å². The molecule has 0 unspecified atom stereocenters. The lowest BCUT2D eigenvalue weighted by Gasteiger charge is -2.32. The number of carbonyl (C=O) groups is 2. The van der Waals surface area contributed by atoms with Gasteiger partial charge in [0.2, 0.25) is 0 Å². The number of hydrogen-bond donors (Lipinski definition) is 1. The average molecular weight is 490 g/mol. The van der Waals surface area contributed by atoms with Gasteiger partial charge < -0.3 is 13.8 Å². The first-order chi connectivity index (χ1) is 14.2. The van der Waals surface area contributed by atoms with Crippen LogP contribution in [0.1, 0.15) is 30.1 Å². The van der Waals surface area contributed by atoms with E-state index in [0.717, 1.165) is 17.0 Å². The molecule has 31 heavy (non-hydrogen) atoms. The molecule has 0 aromatic heterocycles. The van der Waals surface area contributed by atoms with Gasteiger partial charge in [-0.2, -0.15) is 35.1 Å². The van der Waals surface area contributed by atoms with Crippen molar-refractivity contribution in [1.82, 2.24) is 9.96 Å². The lowest BCUT2D eigenvalue weighted by Crippen LogP contribution is -2.39. The van der Waals surface area contributed by atoms with Gasteiger partial charge >= 0.3 is 38.0 Å². The minimum absolute atomic E-state index is 0.0838. The molecule has 2 amide bonds. The molecule has 1 N–H and O–H groups in total. The van der Waals surface area contributed by atoms with Gasteiger partial charge in [-0.25, -0.2) is 9.59 Å². The van der Waals surface area contributed by atoms with Crippen LogP contribution in [0.4, 0.5) is 18.0 Å². The van der Waals surface area contributed by atoms with E-state index in [4.69, 9.17) is 9.29 Å². The molecule has 0 radical (unpaired) electrons. The molecular weight excluding hydrogens is 477 g/mol. The fourth-order valence-corrected chi connectivity index (χ4v) is 4.09. The smallest absolute Gasteiger partial charge is 0.464 e. The highest BCUT2D eigenvalue weighted by Gasteiger charge is 2.55. The van der Waals surface area contributed by atoms with Gasteiger partial charge in [-0.05, 0) is 18.6 Å². The summed E-state index contributed by atoms with van der Waals surface area (Å²) >= 11 is 0. The molecule has 2 bridgehead atoms. The number of halogens is 3. The second-order valence-corrected chi connectivity index (χ2v) is 8.72. The maximum atomic E-state index is 12.8. The van der Waals surface area contributed by atoms with Crippen LogP contribution in [-0.4, -0.2) is 62.0 Å². The zero-order valence-electron chi connectivity index (χ0n) is 15.3. The van der Waals surface area contributed by atoms with Crippen LogP contribution in [-0.2, 0) is 34.3 Å². The number of nitrogens with zero attached hydrogens (tertiary/aromatic N) is 2. The number of hydrogen-bond acceptors (Lipinski definition) is 9. The fourth-order valence-electron chi connectivity index (χ4n) is 3.25. The molecule has 0 spiro atoms. The van der Waals surface area contributed by atoms with Gasteiger partial charge in [-0.1, -0.05) is 12.1 Å². The Morgan fingerprint density at radius 3 is 2.45 bits per heavy atom. The zero-order chi connectivity index (χ0) is 23.4. The lowest BCUT2D eigenvalue weighted by molar-refractivity contribution is -0.148. The molecule has 172 valence electrons. The molecule has 2 aliphatic heterocycles. The fraction of sp³-hybridized carbons (Fsp3) is 0.429. The normalized spacial score (nSPS) is 21.1. The van der Waals surface area contributed by atoms with Crippen LogP contribution in [0.2, 0.25) is 0 Å². The number of hydroxylamine groups is 2. The molecule has 1 aromatic rings. The topological polar surface area (TPSA) is 157 Å². The largest absolute Gasteiger partial charge is 0.534 e. The van der Waals surface area contributed by atoms with Crippen LogP contribution in [0.5, 0.6) is 5.75 Å². The zero-order valence-corrected chi connectivity index (χ0v) is 16.9. The van der Waals surface area contributed by atoms with E-state index < -0.39 is 68.0 Å². The molecule has 12 nitrogen and oxygen atoms in total. The van der Waals surface area contributed by atoms with Crippen LogP contribution < -0.4 is 4.18 Å². The summed E-state index contributed by atoms with van der Waals surface area (Å²) in [6.45, 7) is 0.788. The van der Waals surface area contributed by atoms with Crippen molar-refractivity contribution in [3.8, 4) is 5.75 Å². The molecule has 0 aliphatic carbocycles. The molecule has 1 fully saturated rings. The maximum Gasteiger partial charge on any atom is 0.534 e. The van der Waals surface area contributed by atoms with Crippen molar-refractivity contribution in [2.45, 2.75) is 24.5 Å². The quantitative estimate of drug-likeness (QED) is 0.264. The predicted molar refractivity (Wildman–Crippen MR) is 90.7 cm³/mol. The summed E-state index contributed by atoms with van der Waals surface area (Å²) in [6.07, 6.45) is 0. The molecule has 2 atom stereocenters. The molecule has 1 aromatic carbocycles. The molecular formula is C14H13F3N2O10S2. The average Bonchev–Trinajstić information content (AvgIpc) is 2.86. The molecule has 2 aliphatic rings. The van der Waals surface area contributed by atoms with Gasteiger partial charge in [0, 0.05) is 5.56 Å². The first kappa shape index (κ1) is 23.0. The van der Waals surface area contributed by atoms with Crippen molar-refractivity contribution in [2.24, 2.45) is 0 Å². The number of alkyl halides is 3. The molecule has 0 saturated carbocycles. The highest BCUT2D eigenvalue weighted by atomic mass is 32.3. The second-order valence-electron chi connectivity index (χ2n) is 6.18. The van der Waals surface area contributed by atoms with Crippen molar-refractivity contribution in [2.75, 3.05) is 13.2 Å². The van der Waals surface area contributed by atoms with Gasteiger partial charge in [0.15, 0.2) is 6.04 Å². The number of ether oxygens (including phenoxy) is 1. The number of carbonyl (C=O) groups excluding carboxylic acids is 2. The number of amides is 2. The summed E-state index contributed by atoms with van der Waals surface area (Å²) in [4.78, 5) is 25.9. The van der Waals surface area contributed by atoms with Gasteiger partial charge in [-0.3, -0.25) is 4.55 Å². The Morgan fingerprint density at radius 1 is 1.26 bits per heavy atom. The molecule has 2 heterocycles. The Morgan fingerprint density at radius 2 is 1.90 bits per heavy atom. The summed E-state index contributed by atoms with van der Waals surface area (Å²) in [5, 5.41) is 0.0838. The van der Waals surface area contributed by atoms with E-state index in [2.05, 4.69) is 8.47 Å². The first-order valence-corrected chi connectivity index (χ1v) is 11.0. The van der Waals surface area contributed by atoms with Gasteiger partial charge in [0.05, 0.1) is 13.2 Å². The van der Waals surface area contributed by atoms with E-state index in [1.807, 2.05) is 0 Å². The summed E-state index contributed by atoms with van der Waals surface area (Å²) in [5.41, 5.74) is -6.42. The summed E-state index contributed by atoms with van der Waals surface area (Å²) in [6, 6.07) is -1.31. The maximum absolute atomic E-state index is 12.8. The van der Waals surface area contributed by atoms with E-state index in [1.165, 1.54) is 13.0 Å². The van der Waals surface area contributed by atoms with Crippen LogP contribution in [0, 0.1) is 0 Å². The Balaban J connectivity index is 2.20. The molecule has 1 saturated heterocycles. The number of benzene rings is 1. The SMILES string of the molecule is CCOC(=O)[C@H]1c2cccc(OS(=O)(=O)C(F)(F)F)c2[C@@H]2CN1C(=O)N2OS(=O)(=O)O. The van der Waals surface area contributed by atoms with Crippen LogP contribution >= 0.6 is 0 Å². The summed E-state index contributed by atoms with van der Waals surface area (Å²) in [7, 11) is -11.4. The Kier molecular flexibility index (Phi) is 5.58. The lowest BCUT2D eigenvalue weighted by atomic mass is 9.90. The van der Waals surface area contributed by atoms with Gasteiger partial charge in [0.1, 0.15) is 11.8 Å². The van der Waals surface area contributed by atoms with Crippen molar-refractivity contribution in [1.29, 1.82) is 0 Å². The number of urea groups is 1. The standard InChI is InChI=1S/C14H13F3N2O10S2/c1-2-27-12(20)11-7-4-3-5-9(28-30(22,23)14(15,16)17)10(7)8-6-18(11)13(21)19(8)29-31(24,25)26/h3-5,8,11H,2,6H2,1H3,(H,24,25,26)/t8-,11+/m0/s1. The predicted octanol–water partition coefficient (Wildman–Crippen LogP) is 1.05. The van der Waals surface area contributed by atoms with Crippen molar-refractivity contribution in [3.05, 3.63) is 29.3 Å².